The van der Waals surface area contributed by atoms with Gasteiger partial charge in [-0.3, -0.25) is 32.9 Å². The molecule has 13 heteroatoms. The van der Waals surface area contributed by atoms with Gasteiger partial charge in [0.05, 0.1) is 24.0 Å². The highest BCUT2D eigenvalue weighted by atomic mass is 35.5. The number of carbonyl (C=O) groups is 1. The van der Waals surface area contributed by atoms with Crippen molar-refractivity contribution in [3.63, 3.8) is 0 Å². The second-order valence-electron chi connectivity index (χ2n) is 7.96. The Hall–Kier alpha value is -2.25. The van der Waals surface area contributed by atoms with Crippen molar-refractivity contribution in [3.05, 3.63) is 51.5 Å². The Kier molecular flexibility index (Phi) is 6.16. The van der Waals surface area contributed by atoms with E-state index in [1.807, 2.05) is 13.8 Å². The number of hydrogen-bond acceptors (Lipinski definition) is 8. The molecule has 4 rings (SSSR count). The van der Waals surface area contributed by atoms with Gasteiger partial charge in [-0.1, -0.05) is 36.8 Å². The van der Waals surface area contributed by atoms with Gasteiger partial charge >= 0.3 is 10.6 Å². The lowest BCUT2D eigenvalue weighted by molar-refractivity contribution is -0.0778. The van der Waals surface area contributed by atoms with Gasteiger partial charge < -0.3 is 5.11 Å². The molecule has 1 atom stereocenters. The molecule has 0 saturated carbocycles. The van der Waals surface area contributed by atoms with Crippen LogP contribution in [0.1, 0.15) is 29.1 Å². The van der Waals surface area contributed by atoms with Gasteiger partial charge in [-0.05, 0) is 5.92 Å². The zero-order valence-electron chi connectivity index (χ0n) is 17.5. The molecular formula is C19H21ClN4O6S2. The van der Waals surface area contributed by atoms with Crippen molar-refractivity contribution >= 4 is 50.4 Å². The van der Waals surface area contributed by atoms with Gasteiger partial charge in [-0.25, -0.2) is 9.86 Å². The molecule has 0 unspecified atom stereocenters. The van der Waals surface area contributed by atoms with Crippen LogP contribution in [-0.2, 0) is 25.0 Å². The summed E-state index contributed by atoms with van der Waals surface area (Å²) in [6.45, 7) is 4.07. The number of fused-ring (bicyclic) bond motifs is 1. The minimum absolute atomic E-state index is 0.0446. The van der Waals surface area contributed by atoms with Crippen LogP contribution in [-0.4, -0.2) is 49.0 Å². The first kappa shape index (κ1) is 22.9. The Morgan fingerprint density at radius 2 is 2.03 bits per heavy atom. The minimum Gasteiger partial charge on any atom is -0.389 e. The van der Waals surface area contributed by atoms with Crippen molar-refractivity contribution in [2.24, 2.45) is 13.0 Å². The van der Waals surface area contributed by atoms with E-state index in [1.165, 1.54) is 21.6 Å². The van der Waals surface area contributed by atoms with E-state index < -0.39 is 23.3 Å². The maximum Gasteiger partial charge on any atom is 0.331 e. The lowest BCUT2D eigenvalue weighted by Gasteiger charge is -2.15. The molecule has 0 radical (unpaired) electrons. The number of halogens is 1. The van der Waals surface area contributed by atoms with Crippen molar-refractivity contribution in [2.75, 3.05) is 13.2 Å². The Morgan fingerprint density at radius 1 is 1.31 bits per heavy atom. The minimum atomic E-state index is -0.844. The van der Waals surface area contributed by atoms with Gasteiger partial charge in [-0.15, -0.1) is 11.3 Å². The van der Waals surface area contributed by atoms with Gasteiger partial charge in [0, 0.05) is 23.8 Å². The third-order valence-corrected chi connectivity index (χ3v) is 7.47. The van der Waals surface area contributed by atoms with Crippen LogP contribution in [0.3, 0.4) is 0 Å². The third-order valence-electron chi connectivity index (χ3n) is 5.07. The summed E-state index contributed by atoms with van der Waals surface area (Å²) < 4.78 is 3.74. The molecule has 0 aromatic carbocycles. The van der Waals surface area contributed by atoms with E-state index in [2.05, 4.69) is 0 Å². The number of thiazole rings is 1. The number of aliphatic hydroxyl groups is 1. The molecule has 1 N–H and O–H groups in total. The molecule has 10 nitrogen and oxygen atoms in total. The van der Waals surface area contributed by atoms with Crippen LogP contribution in [0.2, 0.25) is 5.15 Å². The van der Waals surface area contributed by atoms with Gasteiger partial charge in [0.1, 0.15) is 22.7 Å². The summed E-state index contributed by atoms with van der Waals surface area (Å²) in [6.07, 6.45) is -0.844. The van der Waals surface area contributed by atoms with Crippen molar-refractivity contribution in [1.29, 1.82) is 0 Å². The molecule has 1 fully saturated rings. The zero-order valence-corrected chi connectivity index (χ0v) is 19.9. The Balaban J connectivity index is 2.01. The predicted molar refractivity (Wildman–Crippen MR) is 122 cm³/mol. The molecule has 1 amide bonds. The van der Waals surface area contributed by atoms with Crippen LogP contribution in [0.4, 0.5) is 0 Å². The van der Waals surface area contributed by atoms with Crippen molar-refractivity contribution in [3.8, 4) is 0 Å². The molecular weight excluding hydrogens is 480 g/mol. The molecule has 1 aliphatic rings. The van der Waals surface area contributed by atoms with E-state index in [9.17, 15) is 24.3 Å². The second kappa shape index (κ2) is 8.60. The lowest BCUT2D eigenvalue weighted by atomic mass is 10.1. The van der Waals surface area contributed by atoms with Gasteiger partial charge in [0.25, 0.3) is 11.5 Å². The quantitative estimate of drug-likeness (QED) is 0.560. The highest BCUT2D eigenvalue weighted by Gasteiger charge is 2.33. The summed E-state index contributed by atoms with van der Waals surface area (Å²) in [4.78, 5) is 57.4. The molecule has 1 saturated heterocycles. The number of aromatic nitrogens is 3. The third kappa shape index (κ3) is 3.86. The topological polar surface area (TPSA) is 116 Å². The first-order valence-electron chi connectivity index (χ1n) is 9.82. The zero-order chi connectivity index (χ0) is 23.3. The van der Waals surface area contributed by atoms with E-state index in [-0.39, 0.29) is 46.6 Å². The van der Waals surface area contributed by atoms with E-state index in [1.54, 1.807) is 0 Å². The molecule has 1 aliphatic heterocycles. The smallest absolute Gasteiger partial charge is 0.331 e. The maximum absolute atomic E-state index is 13.4. The molecule has 32 heavy (non-hydrogen) atoms. The highest BCUT2D eigenvalue weighted by Crippen LogP contribution is 2.32. The van der Waals surface area contributed by atoms with Gasteiger partial charge in [0.2, 0.25) is 0 Å². The Labute approximate surface area is 194 Å². The number of hydrogen-bond donors (Lipinski definition) is 1. The maximum atomic E-state index is 13.4. The first-order chi connectivity index (χ1) is 15.1. The molecule has 172 valence electrons. The summed E-state index contributed by atoms with van der Waals surface area (Å²) in [5.41, 5.74) is -1.05. The molecule has 3 aromatic rings. The largest absolute Gasteiger partial charge is 0.389 e. The van der Waals surface area contributed by atoms with Crippen molar-refractivity contribution < 1.29 is 14.7 Å². The van der Waals surface area contributed by atoms with E-state index in [4.69, 9.17) is 16.4 Å². The van der Waals surface area contributed by atoms with Crippen LogP contribution in [0.25, 0.3) is 10.2 Å². The number of rotatable bonds is 5. The summed E-state index contributed by atoms with van der Waals surface area (Å²) in [5.74, 6) is -0.516. The van der Waals surface area contributed by atoms with E-state index in [0.29, 0.717) is 16.3 Å². The van der Waals surface area contributed by atoms with Gasteiger partial charge in [-0.2, -0.15) is 0 Å². The van der Waals surface area contributed by atoms with Crippen LogP contribution >= 0.6 is 34.3 Å². The summed E-state index contributed by atoms with van der Waals surface area (Å²) in [5, 5.41) is 12.6. The normalized spacial score (nSPS) is 16.6. The fourth-order valence-electron chi connectivity index (χ4n) is 3.58. The Bertz CT molecular complexity index is 1380. The summed E-state index contributed by atoms with van der Waals surface area (Å²) >= 11 is 8.18. The van der Waals surface area contributed by atoms with Crippen molar-refractivity contribution in [1.82, 2.24) is 18.8 Å². The molecule has 0 bridgehead atoms. The van der Waals surface area contributed by atoms with Crippen molar-refractivity contribution in [2.45, 2.75) is 33.0 Å². The monoisotopic (exact) mass is 500 g/mol. The fraction of sp³-hybridized carbons (Fsp3) is 0.474. The number of hydroxylamine groups is 2. The SMILES string of the molecule is CC(C)Cn1c(=O)n(C)c(=O)c2c(C(=O)N3C[C@H](O)CO3)c(Cn3c(Cl)csc3=O)sc21. The standard InChI is InChI=1S/C19H21ClN4O6S2/c1-9(2)4-23-17-14(15(26)21(3)18(23)28)13(16(27)24-5-10(25)7-30-24)11(32-17)6-22-12(20)8-31-19(22)29/h8-10,25H,4-7H2,1-3H3/t10-/m0/s1. The molecule has 3 aromatic heterocycles. The number of nitrogens with zero attached hydrogens (tertiary/aromatic N) is 4. The van der Waals surface area contributed by atoms with Crippen LogP contribution in [0.5, 0.6) is 0 Å². The van der Waals surface area contributed by atoms with Crippen LogP contribution in [0.15, 0.2) is 19.8 Å². The molecule has 0 aliphatic carbocycles. The second-order valence-corrected chi connectivity index (χ2v) is 10.2. The number of thiophene rings is 1. The van der Waals surface area contributed by atoms with Gasteiger partial charge in [0.15, 0.2) is 0 Å². The average Bonchev–Trinajstić information content (AvgIpc) is 3.42. The average molecular weight is 501 g/mol. The van der Waals surface area contributed by atoms with Crippen LogP contribution in [0, 0.1) is 5.92 Å². The van der Waals surface area contributed by atoms with E-state index >= 15 is 0 Å². The number of amides is 1. The van der Waals surface area contributed by atoms with Crippen LogP contribution < -0.4 is 16.1 Å². The number of carbonyl (C=O) groups excluding carboxylic acids is 1. The predicted octanol–water partition coefficient (Wildman–Crippen LogP) is 1.09. The Morgan fingerprint density at radius 3 is 2.59 bits per heavy atom. The highest BCUT2D eigenvalue weighted by molar-refractivity contribution is 7.19. The van der Waals surface area contributed by atoms with E-state index in [0.717, 1.165) is 32.3 Å². The lowest BCUT2D eigenvalue weighted by Crippen LogP contribution is -2.39. The summed E-state index contributed by atoms with van der Waals surface area (Å²) in [7, 11) is 1.36. The fourth-order valence-corrected chi connectivity index (χ4v) is 5.78. The number of aliphatic hydroxyl groups excluding tert-OH is 1. The molecule has 4 heterocycles. The first-order valence-corrected chi connectivity index (χ1v) is 11.9. The molecule has 0 spiro atoms. The summed E-state index contributed by atoms with van der Waals surface area (Å²) in [6, 6.07) is 0. The number of β-amino-alcohol motifs (C(OH)–C–C–N with tert-alkyl or cyclic N) is 1.